The number of amides is 1. The second-order valence-electron chi connectivity index (χ2n) is 5.20. The summed E-state index contributed by atoms with van der Waals surface area (Å²) in [6.45, 7) is 4.51. The number of hydrogen-bond donors (Lipinski definition) is 2. The van der Waals surface area contributed by atoms with Gasteiger partial charge in [-0.1, -0.05) is 40.9 Å². The molecule has 2 rings (SSSR count). The fourth-order valence-corrected chi connectivity index (χ4v) is 2.67. The van der Waals surface area contributed by atoms with Crippen LogP contribution in [-0.4, -0.2) is 12.5 Å². The van der Waals surface area contributed by atoms with Gasteiger partial charge in [0, 0.05) is 34.4 Å². The summed E-state index contributed by atoms with van der Waals surface area (Å²) >= 11 is 11.9. The van der Waals surface area contributed by atoms with Crippen molar-refractivity contribution in [3.63, 3.8) is 0 Å². The molecule has 0 heterocycles. The summed E-state index contributed by atoms with van der Waals surface area (Å²) in [5.41, 5.74) is 3.89. The van der Waals surface area contributed by atoms with Gasteiger partial charge in [-0.25, -0.2) is 0 Å². The van der Waals surface area contributed by atoms with Gasteiger partial charge in [0.2, 0.25) is 5.91 Å². The topological polar surface area (TPSA) is 41.1 Å². The first-order chi connectivity index (χ1) is 10.4. The van der Waals surface area contributed by atoms with Crippen LogP contribution in [0.3, 0.4) is 0 Å². The minimum atomic E-state index is -0.0346. The van der Waals surface area contributed by atoms with Crippen LogP contribution in [0.25, 0.3) is 0 Å². The molecule has 1 amide bonds. The van der Waals surface area contributed by atoms with Gasteiger partial charge in [0.15, 0.2) is 0 Å². The first-order valence-corrected chi connectivity index (χ1v) is 7.77. The average Bonchev–Trinajstić information content (AvgIpc) is 2.41. The van der Waals surface area contributed by atoms with Crippen molar-refractivity contribution in [2.45, 2.75) is 20.3 Å². The maximum atomic E-state index is 12.0. The molecule has 0 atom stereocenters. The van der Waals surface area contributed by atoms with Crippen molar-refractivity contribution < 1.29 is 4.79 Å². The Labute approximate surface area is 140 Å². The Bertz CT molecular complexity index is 666. The molecule has 22 heavy (non-hydrogen) atoms. The van der Waals surface area contributed by atoms with Crippen LogP contribution >= 0.6 is 23.2 Å². The lowest BCUT2D eigenvalue weighted by molar-refractivity contribution is -0.115. The minimum Gasteiger partial charge on any atom is -0.384 e. The fourth-order valence-electron chi connectivity index (χ4n) is 2.14. The van der Waals surface area contributed by atoms with Crippen LogP contribution in [0.5, 0.6) is 0 Å². The molecule has 3 nitrogen and oxygen atoms in total. The fraction of sp³-hybridized carbons (Fsp3) is 0.235. The Morgan fingerprint density at radius 1 is 1.05 bits per heavy atom. The van der Waals surface area contributed by atoms with Crippen LogP contribution in [0.15, 0.2) is 36.4 Å². The van der Waals surface area contributed by atoms with E-state index in [1.165, 1.54) is 5.56 Å². The van der Waals surface area contributed by atoms with Crippen molar-refractivity contribution in [3.8, 4) is 0 Å². The standard InChI is InChI=1S/C17H18Cl2N2O/c1-11-3-4-16(12(2)7-11)21-17(22)5-6-20-15-9-13(18)8-14(19)10-15/h3-4,7-10,20H,5-6H2,1-2H3,(H,21,22). The number of halogens is 2. The third-order valence-electron chi connectivity index (χ3n) is 3.20. The zero-order valence-electron chi connectivity index (χ0n) is 12.5. The van der Waals surface area contributed by atoms with Crippen molar-refractivity contribution in [1.82, 2.24) is 0 Å². The van der Waals surface area contributed by atoms with Gasteiger partial charge in [0.05, 0.1) is 0 Å². The quantitative estimate of drug-likeness (QED) is 0.801. The Balaban J connectivity index is 1.85. The van der Waals surface area contributed by atoms with E-state index in [1.54, 1.807) is 18.2 Å². The molecule has 0 saturated heterocycles. The molecule has 0 radical (unpaired) electrons. The number of nitrogens with one attached hydrogen (secondary N) is 2. The third kappa shape index (κ3) is 4.93. The van der Waals surface area contributed by atoms with E-state index in [1.807, 2.05) is 32.0 Å². The average molecular weight is 337 g/mol. The Hall–Kier alpha value is -1.71. The summed E-state index contributed by atoms with van der Waals surface area (Å²) < 4.78 is 0. The molecule has 2 aromatic rings. The predicted molar refractivity (Wildman–Crippen MR) is 94.1 cm³/mol. The van der Waals surface area contributed by atoms with Gasteiger partial charge in [0.1, 0.15) is 0 Å². The molecule has 0 aliphatic rings. The van der Waals surface area contributed by atoms with Crippen LogP contribution in [0, 0.1) is 13.8 Å². The van der Waals surface area contributed by atoms with Crippen molar-refractivity contribution in [2.75, 3.05) is 17.2 Å². The number of rotatable bonds is 5. The van der Waals surface area contributed by atoms with E-state index < -0.39 is 0 Å². The van der Waals surface area contributed by atoms with Gasteiger partial charge in [-0.05, 0) is 43.7 Å². The van der Waals surface area contributed by atoms with Gasteiger partial charge >= 0.3 is 0 Å². The second kappa shape index (κ2) is 7.52. The smallest absolute Gasteiger partial charge is 0.226 e. The molecule has 2 aromatic carbocycles. The Morgan fingerprint density at radius 3 is 2.36 bits per heavy atom. The van der Waals surface area contributed by atoms with E-state index >= 15 is 0 Å². The molecular weight excluding hydrogens is 319 g/mol. The summed E-state index contributed by atoms with van der Waals surface area (Å²) in [5, 5.41) is 7.18. The third-order valence-corrected chi connectivity index (χ3v) is 3.64. The maximum absolute atomic E-state index is 12.0. The lowest BCUT2D eigenvalue weighted by Crippen LogP contribution is -2.16. The summed E-state index contributed by atoms with van der Waals surface area (Å²) in [6, 6.07) is 11.2. The SMILES string of the molecule is Cc1ccc(NC(=O)CCNc2cc(Cl)cc(Cl)c2)c(C)c1. The van der Waals surface area contributed by atoms with Crippen molar-refractivity contribution in [3.05, 3.63) is 57.6 Å². The summed E-state index contributed by atoms with van der Waals surface area (Å²) in [6.07, 6.45) is 0.359. The monoisotopic (exact) mass is 336 g/mol. The molecule has 0 spiro atoms. The Kier molecular flexibility index (Phi) is 5.69. The number of hydrogen-bond acceptors (Lipinski definition) is 2. The molecule has 0 fully saturated rings. The lowest BCUT2D eigenvalue weighted by atomic mass is 10.1. The van der Waals surface area contributed by atoms with E-state index in [2.05, 4.69) is 10.6 Å². The van der Waals surface area contributed by atoms with Gasteiger partial charge < -0.3 is 10.6 Å². The van der Waals surface area contributed by atoms with E-state index in [4.69, 9.17) is 23.2 Å². The zero-order chi connectivity index (χ0) is 16.1. The van der Waals surface area contributed by atoms with Gasteiger partial charge in [0.25, 0.3) is 0 Å². The summed E-state index contributed by atoms with van der Waals surface area (Å²) in [4.78, 5) is 12.0. The van der Waals surface area contributed by atoms with E-state index in [-0.39, 0.29) is 5.91 Å². The number of benzene rings is 2. The van der Waals surface area contributed by atoms with Gasteiger partial charge in [-0.2, -0.15) is 0 Å². The summed E-state index contributed by atoms with van der Waals surface area (Å²) in [7, 11) is 0. The summed E-state index contributed by atoms with van der Waals surface area (Å²) in [5.74, 6) is -0.0346. The largest absolute Gasteiger partial charge is 0.384 e. The zero-order valence-corrected chi connectivity index (χ0v) is 14.1. The Morgan fingerprint density at radius 2 is 1.73 bits per heavy atom. The molecular formula is C17H18Cl2N2O. The molecule has 0 bridgehead atoms. The van der Waals surface area contributed by atoms with Crippen molar-refractivity contribution >= 4 is 40.5 Å². The number of carbonyl (C=O) groups is 1. The highest BCUT2D eigenvalue weighted by Crippen LogP contribution is 2.22. The molecule has 0 saturated carbocycles. The van der Waals surface area contributed by atoms with Crippen LogP contribution in [0.1, 0.15) is 17.5 Å². The van der Waals surface area contributed by atoms with E-state index in [9.17, 15) is 4.79 Å². The van der Waals surface area contributed by atoms with E-state index in [0.717, 1.165) is 16.9 Å². The predicted octanol–water partition coefficient (Wildman–Crippen LogP) is 5.05. The highest BCUT2D eigenvalue weighted by molar-refractivity contribution is 6.35. The number of aryl methyl sites for hydroxylation is 2. The van der Waals surface area contributed by atoms with Crippen molar-refractivity contribution in [2.24, 2.45) is 0 Å². The van der Waals surface area contributed by atoms with Crippen LogP contribution in [0.2, 0.25) is 10.0 Å². The van der Waals surface area contributed by atoms with Crippen LogP contribution in [-0.2, 0) is 4.79 Å². The molecule has 0 aliphatic carbocycles. The molecule has 0 unspecified atom stereocenters. The van der Waals surface area contributed by atoms with Gasteiger partial charge in [-0.15, -0.1) is 0 Å². The first-order valence-electron chi connectivity index (χ1n) is 7.01. The molecule has 2 N–H and O–H groups in total. The highest BCUT2D eigenvalue weighted by Gasteiger charge is 2.05. The van der Waals surface area contributed by atoms with Crippen molar-refractivity contribution in [1.29, 1.82) is 0 Å². The van der Waals surface area contributed by atoms with Crippen LogP contribution in [0.4, 0.5) is 11.4 Å². The molecule has 5 heteroatoms. The van der Waals surface area contributed by atoms with Crippen LogP contribution < -0.4 is 10.6 Å². The molecule has 116 valence electrons. The molecule has 0 aromatic heterocycles. The maximum Gasteiger partial charge on any atom is 0.226 e. The lowest BCUT2D eigenvalue weighted by Gasteiger charge is -2.10. The molecule has 0 aliphatic heterocycles. The second-order valence-corrected chi connectivity index (χ2v) is 6.07. The minimum absolute atomic E-state index is 0.0346. The normalized spacial score (nSPS) is 10.4. The number of anilines is 2. The first kappa shape index (κ1) is 16.7. The highest BCUT2D eigenvalue weighted by atomic mass is 35.5. The van der Waals surface area contributed by atoms with E-state index in [0.29, 0.717) is 23.0 Å². The van der Waals surface area contributed by atoms with Gasteiger partial charge in [-0.3, -0.25) is 4.79 Å². The number of carbonyl (C=O) groups excluding carboxylic acids is 1.